The Kier molecular flexibility index (Phi) is 4.17. The number of hydrogen-bond acceptors (Lipinski definition) is 6. The van der Waals surface area contributed by atoms with Crippen molar-refractivity contribution >= 4 is 0 Å². The van der Waals surface area contributed by atoms with Crippen molar-refractivity contribution in [3.63, 3.8) is 0 Å². The maximum absolute atomic E-state index is 5.82. The number of aryl methyl sites for hydroxylation is 1. The van der Waals surface area contributed by atoms with Crippen molar-refractivity contribution in [3.05, 3.63) is 42.2 Å². The third-order valence-corrected chi connectivity index (χ3v) is 4.57. The fraction of sp³-hybridized carbons (Fsp3) is 0.471. The first-order chi connectivity index (χ1) is 11.8. The van der Waals surface area contributed by atoms with E-state index in [0.29, 0.717) is 30.1 Å². The van der Waals surface area contributed by atoms with Gasteiger partial charge in [-0.25, -0.2) is 0 Å². The highest BCUT2D eigenvalue weighted by molar-refractivity contribution is 5.49. The van der Waals surface area contributed by atoms with Gasteiger partial charge in [-0.2, -0.15) is 5.10 Å². The van der Waals surface area contributed by atoms with E-state index in [1.54, 1.807) is 6.26 Å². The minimum Gasteiger partial charge on any atom is -0.459 e. The fourth-order valence-corrected chi connectivity index (χ4v) is 3.27. The Morgan fingerprint density at radius 1 is 1.29 bits per heavy atom. The summed E-state index contributed by atoms with van der Waals surface area (Å²) in [5.74, 6) is 1.74. The van der Waals surface area contributed by atoms with Crippen molar-refractivity contribution in [1.29, 1.82) is 0 Å². The molecule has 4 heterocycles. The van der Waals surface area contributed by atoms with E-state index in [-0.39, 0.29) is 0 Å². The molecule has 4 rings (SSSR count). The maximum atomic E-state index is 5.82. The molecule has 1 fully saturated rings. The third-order valence-electron chi connectivity index (χ3n) is 4.57. The molecule has 0 spiro atoms. The van der Waals surface area contributed by atoms with E-state index in [9.17, 15) is 0 Å². The minimum atomic E-state index is 0.444. The molecular weight excluding hydrogens is 306 g/mol. The number of hydrogen-bond donors (Lipinski definition) is 0. The van der Waals surface area contributed by atoms with Crippen molar-refractivity contribution in [2.45, 2.75) is 45.3 Å². The van der Waals surface area contributed by atoms with Crippen LogP contribution >= 0.6 is 0 Å². The molecule has 3 aromatic rings. The van der Waals surface area contributed by atoms with Crippen LogP contribution in [-0.2, 0) is 13.1 Å². The average molecular weight is 327 g/mol. The minimum absolute atomic E-state index is 0.444. The zero-order valence-corrected chi connectivity index (χ0v) is 13.8. The van der Waals surface area contributed by atoms with Crippen LogP contribution in [0.5, 0.6) is 0 Å². The predicted molar refractivity (Wildman–Crippen MR) is 87.0 cm³/mol. The lowest BCUT2D eigenvalue weighted by molar-refractivity contribution is 0.111. The second kappa shape index (κ2) is 6.60. The first kappa shape index (κ1) is 15.1. The van der Waals surface area contributed by atoms with Crippen molar-refractivity contribution < 1.29 is 8.83 Å². The van der Waals surface area contributed by atoms with Crippen LogP contribution in [0.25, 0.3) is 11.7 Å². The normalized spacial score (nSPS) is 19.0. The maximum Gasteiger partial charge on any atom is 0.283 e. The van der Waals surface area contributed by atoms with E-state index in [1.807, 2.05) is 36.1 Å². The summed E-state index contributed by atoms with van der Waals surface area (Å²) >= 11 is 0. The summed E-state index contributed by atoms with van der Waals surface area (Å²) < 4.78 is 13.2. The van der Waals surface area contributed by atoms with Crippen LogP contribution in [0, 0.1) is 6.92 Å². The zero-order chi connectivity index (χ0) is 16.4. The fourth-order valence-electron chi connectivity index (χ4n) is 3.27. The Morgan fingerprint density at radius 2 is 2.25 bits per heavy atom. The molecular formula is C17H21N5O2. The largest absolute Gasteiger partial charge is 0.459 e. The van der Waals surface area contributed by atoms with Crippen molar-refractivity contribution in [2.75, 3.05) is 6.54 Å². The van der Waals surface area contributed by atoms with Gasteiger partial charge in [0.25, 0.3) is 5.89 Å². The molecule has 0 N–H and O–H groups in total. The molecule has 0 aliphatic carbocycles. The molecule has 126 valence electrons. The van der Waals surface area contributed by atoms with Crippen LogP contribution in [0.1, 0.15) is 30.7 Å². The van der Waals surface area contributed by atoms with E-state index in [0.717, 1.165) is 25.1 Å². The molecule has 0 unspecified atom stereocenters. The Balaban J connectivity index is 1.47. The molecule has 0 aromatic carbocycles. The van der Waals surface area contributed by atoms with E-state index < -0.39 is 0 Å². The summed E-state index contributed by atoms with van der Waals surface area (Å²) in [5.41, 5.74) is 1.000. The summed E-state index contributed by atoms with van der Waals surface area (Å²) in [4.78, 5) is 2.41. The lowest BCUT2D eigenvalue weighted by Gasteiger charge is -2.34. The highest BCUT2D eigenvalue weighted by atomic mass is 16.4. The number of furan rings is 1. The highest BCUT2D eigenvalue weighted by Gasteiger charge is 2.25. The molecule has 0 saturated carbocycles. The lowest BCUT2D eigenvalue weighted by Crippen LogP contribution is -2.41. The van der Waals surface area contributed by atoms with E-state index in [1.165, 1.54) is 12.8 Å². The average Bonchev–Trinajstić information content (AvgIpc) is 3.31. The number of likely N-dealkylation sites (tertiary alicyclic amines) is 1. The second-order valence-corrected chi connectivity index (χ2v) is 6.28. The Bertz CT molecular complexity index is 777. The molecule has 24 heavy (non-hydrogen) atoms. The Labute approximate surface area is 140 Å². The standard InChI is InChI=1S/C17H21N5O2/c1-13-6-10-23-16(13)17-20-19-15(24-17)12-21-8-3-2-5-14(21)11-22-9-4-7-18-22/h4,6-7,9-10,14H,2-3,5,8,11-12H2,1H3/t14-/m1/s1. The molecule has 1 atom stereocenters. The van der Waals surface area contributed by atoms with Crippen molar-refractivity contribution in [2.24, 2.45) is 0 Å². The van der Waals surface area contributed by atoms with Crippen molar-refractivity contribution in [1.82, 2.24) is 24.9 Å². The first-order valence-corrected chi connectivity index (χ1v) is 8.38. The number of rotatable bonds is 5. The van der Waals surface area contributed by atoms with Crippen LogP contribution in [0.4, 0.5) is 0 Å². The summed E-state index contributed by atoms with van der Waals surface area (Å²) in [6.45, 7) is 4.57. The summed E-state index contributed by atoms with van der Waals surface area (Å²) in [6.07, 6.45) is 9.09. The van der Waals surface area contributed by atoms with Gasteiger partial charge in [0, 0.05) is 24.0 Å². The molecule has 1 aliphatic heterocycles. The number of aromatic nitrogens is 4. The van der Waals surface area contributed by atoms with Gasteiger partial charge in [-0.3, -0.25) is 9.58 Å². The van der Waals surface area contributed by atoms with Crippen LogP contribution in [0.3, 0.4) is 0 Å². The van der Waals surface area contributed by atoms with Gasteiger partial charge in [0.1, 0.15) is 0 Å². The van der Waals surface area contributed by atoms with Gasteiger partial charge < -0.3 is 8.83 Å². The molecule has 0 amide bonds. The van der Waals surface area contributed by atoms with Gasteiger partial charge in [0.05, 0.1) is 19.4 Å². The van der Waals surface area contributed by atoms with Gasteiger partial charge in [-0.15, -0.1) is 10.2 Å². The zero-order valence-electron chi connectivity index (χ0n) is 13.8. The molecule has 7 heteroatoms. The third kappa shape index (κ3) is 3.12. The van der Waals surface area contributed by atoms with E-state index in [4.69, 9.17) is 8.83 Å². The van der Waals surface area contributed by atoms with Crippen LogP contribution in [0.2, 0.25) is 0 Å². The Morgan fingerprint density at radius 3 is 3.04 bits per heavy atom. The lowest BCUT2D eigenvalue weighted by atomic mass is 10.0. The summed E-state index contributed by atoms with van der Waals surface area (Å²) in [5, 5.41) is 12.7. The second-order valence-electron chi connectivity index (χ2n) is 6.28. The number of nitrogens with zero attached hydrogens (tertiary/aromatic N) is 5. The molecule has 0 radical (unpaired) electrons. The van der Waals surface area contributed by atoms with Crippen molar-refractivity contribution in [3.8, 4) is 11.7 Å². The molecule has 1 saturated heterocycles. The molecule has 7 nitrogen and oxygen atoms in total. The summed E-state index contributed by atoms with van der Waals surface area (Å²) in [6, 6.07) is 4.30. The topological polar surface area (TPSA) is 73.1 Å². The smallest absolute Gasteiger partial charge is 0.283 e. The monoisotopic (exact) mass is 327 g/mol. The quantitative estimate of drug-likeness (QED) is 0.717. The first-order valence-electron chi connectivity index (χ1n) is 8.38. The van der Waals surface area contributed by atoms with E-state index >= 15 is 0 Å². The van der Waals surface area contributed by atoms with Crippen LogP contribution in [-0.4, -0.2) is 37.5 Å². The van der Waals surface area contributed by atoms with Gasteiger partial charge in [0.15, 0.2) is 5.76 Å². The molecule has 0 bridgehead atoms. The SMILES string of the molecule is Cc1ccoc1-c1nnc(CN2CCCC[C@@H]2Cn2cccn2)o1. The van der Waals surface area contributed by atoms with Gasteiger partial charge in [-0.1, -0.05) is 6.42 Å². The highest BCUT2D eigenvalue weighted by Crippen LogP contribution is 2.25. The van der Waals surface area contributed by atoms with Gasteiger partial charge >= 0.3 is 0 Å². The van der Waals surface area contributed by atoms with E-state index in [2.05, 4.69) is 20.2 Å². The molecule has 1 aliphatic rings. The van der Waals surface area contributed by atoms with Gasteiger partial charge in [0.2, 0.25) is 5.89 Å². The number of piperidine rings is 1. The predicted octanol–water partition coefficient (Wildman–Crippen LogP) is 2.89. The van der Waals surface area contributed by atoms with Crippen LogP contribution < -0.4 is 0 Å². The Hall–Kier alpha value is -2.41. The summed E-state index contributed by atoms with van der Waals surface area (Å²) in [7, 11) is 0. The molecule has 3 aromatic heterocycles. The van der Waals surface area contributed by atoms with Crippen LogP contribution in [0.15, 0.2) is 39.6 Å². The van der Waals surface area contributed by atoms with Gasteiger partial charge in [-0.05, 0) is 38.4 Å².